The molecule has 0 aromatic carbocycles. The van der Waals surface area contributed by atoms with Crippen LogP contribution in [0.4, 0.5) is 15.0 Å². The summed E-state index contributed by atoms with van der Waals surface area (Å²) in [7, 11) is 0. The minimum absolute atomic E-state index is 0.0599. The zero-order valence-electron chi connectivity index (χ0n) is 16.0. The standard InChI is InChI=1S/C19H24BrFIN3O3/c1-19(2,3)28-18(27)25-15(13(9-4-5-9)10-6-7-10)17(26)24-12-8-11(20)14(22)16(21)23-12/h8-10,13,15H,4-7H2,1-3H3,(H,25,27)(H,23,24,26)/t15-/m0/s1. The number of pyridine rings is 1. The molecule has 1 heterocycles. The van der Waals surface area contributed by atoms with Crippen LogP contribution >= 0.6 is 38.5 Å². The summed E-state index contributed by atoms with van der Waals surface area (Å²) in [5.41, 5.74) is -0.661. The monoisotopic (exact) mass is 567 g/mol. The molecule has 0 unspecified atom stereocenters. The van der Waals surface area contributed by atoms with Gasteiger partial charge in [-0.15, -0.1) is 0 Å². The first-order valence-electron chi connectivity index (χ1n) is 9.37. The van der Waals surface area contributed by atoms with Gasteiger partial charge in [0.25, 0.3) is 0 Å². The molecule has 2 aliphatic carbocycles. The van der Waals surface area contributed by atoms with Crippen molar-refractivity contribution in [2.45, 2.75) is 58.1 Å². The van der Waals surface area contributed by atoms with Gasteiger partial charge in [0.2, 0.25) is 11.9 Å². The predicted octanol–water partition coefficient (Wildman–Crippen LogP) is 4.86. The van der Waals surface area contributed by atoms with Crippen molar-refractivity contribution in [3.05, 3.63) is 20.1 Å². The number of carbonyl (C=O) groups is 2. The molecule has 0 saturated heterocycles. The maximum absolute atomic E-state index is 13.9. The number of hydrogen-bond acceptors (Lipinski definition) is 4. The van der Waals surface area contributed by atoms with E-state index in [-0.39, 0.29) is 11.7 Å². The Kier molecular flexibility index (Phi) is 6.53. The Morgan fingerprint density at radius 2 is 1.86 bits per heavy atom. The normalized spacial score (nSPS) is 18.0. The molecule has 0 spiro atoms. The largest absolute Gasteiger partial charge is 0.444 e. The topological polar surface area (TPSA) is 80.3 Å². The molecule has 0 aliphatic heterocycles. The van der Waals surface area contributed by atoms with E-state index < -0.39 is 29.6 Å². The lowest BCUT2D eigenvalue weighted by Gasteiger charge is -2.29. The zero-order chi connectivity index (χ0) is 20.6. The molecule has 6 nitrogen and oxygen atoms in total. The fourth-order valence-electron chi connectivity index (χ4n) is 3.40. The second-order valence-electron chi connectivity index (χ2n) is 8.46. The van der Waals surface area contributed by atoms with Gasteiger partial charge in [-0.2, -0.15) is 4.39 Å². The van der Waals surface area contributed by atoms with E-state index in [1.165, 1.54) is 0 Å². The Labute approximate surface area is 186 Å². The van der Waals surface area contributed by atoms with Crippen LogP contribution < -0.4 is 10.6 Å². The van der Waals surface area contributed by atoms with Gasteiger partial charge in [0.05, 0.1) is 3.57 Å². The van der Waals surface area contributed by atoms with E-state index in [0.29, 0.717) is 19.9 Å². The van der Waals surface area contributed by atoms with Gasteiger partial charge in [-0.3, -0.25) is 4.79 Å². The van der Waals surface area contributed by atoms with E-state index in [1.807, 2.05) is 22.6 Å². The summed E-state index contributed by atoms with van der Waals surface area (Å²) in [6, 6.07) is 0.814. The number of anilines is 1. The van der Waals surface area contributed by atoms with Gasteiger partial charge < -0.3 is 15.4 Å². The van der Waals surface area contributed by atoms with Crippen molar-refractivity contribution in [2.75, 3.05) is 5.32 Å². The van der Waals surface area contributed by atoms with E-state index in [4.69, 9.17) is 4.74 Å². The average Bonchev–Trinajstić information content (AvgIpc) is 3.44. The molecule has 1 aromatic rings. The Hall–Kier alpha value is -0.970. The third-order valence-corrected chi connectivity index (χ3v) is 7.19. The second-order valence-corrected chi connectivity index (χ2v) is 10.4. The van der Waals surface area contributed by atoms with Crippen molar-refractivity contribution in [3.63, 3.8) is 0 Å². The average molecular weight is 568 g/mol. The smallest absolute Gasteiger partial charge is 0.408 e. The summed E-state index contributed by atoms with van der Waals surface area (Å²) < 4.78 is 20.1. The van der Waals surface area contributed by atoms with Crippen LogP contribution in [0.3, 0.4) is 0 Å². The van der Waals surface area contributed by atoms with Crippen LogP contribution in [0, 0.1) is 27.3 Å². The van der Waals surface area contributed by atoms with E-state index in [0.717, 1.165) is 25.7 Å². The van der Waals surface area contributed by atoms with E-state index in [9.17, 15) is 14.0 Å². The molecule has 0 radical (unpaired) electrons. The molecule has 2 fully saturated rings. The summed E-state index contributed by atoms with van der Waals surface area (Å²) in [4.78, 5) is 29.2. The third kappa shape index (κ3) is 5.77. The second kappa shape index (κ2) is 8.41. The summed E-state index contributed by atoms with van der Waals surface area (Å²) in [5.74, 6) is -0.0454. The molecule has 0 bridgehead atoms. The van der Waals surface area contributed by atoms with E-state index in [1.54, 1.807) is 26.8 Å². The molecule has 1 atom stereocenters. The van der Waals surface area contributed by atoms with Gasteiger partial charge >= 0.3 is 6.09 Å². The Morgan fingerprint density at radius 3 is 2.32 bits per heavy atom. The maximum atomic E-state index is 13.9. The number of carbonyl (C=O) groups excluding carboxylic acids is 2. The maximum Gasteiger partial charge on any atom is 0.408 e. The molecule has 2 N–H and O–H groups in total. The summed E-state index contributed by atoms with van der Waals surface area (Å²) >= 11 is 5.10. The van der Waals surface area contributed by atoms with Crippen molar-refractivity contribution in [3.8, 4) is 0 Å². The zero-order valence-corrected chi connectivity index (χ0v) is 19.8. The Balaban J connectivity index is 1.79. The number of alkyl carbamates (subject to hydrolysis) is 1. The lowest BCUT2D eigenvalue weighted by molar-refractivity contribution is -0.120. The number of ether oxygens (including phenoxy) is 1. The minimum Gasteiger partial charge on any atom is -0.444 e. The van der Waals surface area contributed by atoms with Crippen molar-refractivity contribution < 1.29 is 18.7 Å². The third-order valence-electron chi connectivity index (χ3n) is 4.80. The Bertz CT molecular complexity index is 743. The van der Waals surface area contributed by atoms with Gasteiger partial charge in [0, 0.05) is 4.47 Å². The molecule has 2 amide bonds. The number of rotatable bonds is 6. The first-order chi connectivity index (χ1) is 13.0. The van der Waals surface area contributed by atoms with Crippen molar-refractivity contribution >= 4 is 56.3 Å². The highest BCUT2D eigenvalue weighted by Gasteiger charge is 2.48. The molecule has 3 rings (SSSR count). The van der Waals surface area contributed by atoms with E-state index >= 15 is 0 Å². The molecule has 9 heteroatoms. The highest BCUT2D eigenvalue weighted by atomic mass is 127. The van der Waals surface area contributed by atoms with Gasteiger partial charge in [0.15, 0.2) is 0 Å². The summed E-state index contributed by atoms with van der Waals surface area (Å²) in [6.07, 6.45) is 3.61. The molecule has 1 aromatic heterocycles. The number of halogens is 3. The molecule has 28 heavy (non-hydrogen) atoms. The molecule has 2 aliphatic rings. The first-order valence-corrected chi connectivity index (χ1v) is 11.2. The molecule has 154 valence electrons. The minimum atomic E-state index is -0.738. The Morgan fingerprint density at radius 1 is 1.29 bits per heavy atom. The number of aromatic nitrogens is 1. The van der Waals surface area contributed by atoms with Gasteiger partial charge in [-0.25, -0.2) is 9.78 Å². The van der Waals surface area contributed by atoms with Crippen LogP contribution in [0.5, 0.6) is 0 Å². The highest BCUT2D eigenvalue weighted by Crippen LogP contribution is 2.50. The quantitative estimate of drug-likeness (QED) is 0.380. The lowest BCUT2D eigenvalue weighted by Crippen LogP contribution is -2.51. The van der Waals surface area contributed by atoms with Crippen LogP contribution in [0.25, 0.3) is 0 Å². The van der Waals surface area contributed by atoms with Crippen LogP contribution in [0.15, 0.2) is 10.5 Å². The van der Waals surface area contributed by atoms with Crippen LogP contribution in [-0.2, 0) is 9.53 Å². The number of hydrogen-bond donors (Lipinski definition) is 2. The fraction of sp³-hybridized carbons (Fsp3) is 0.632. The fourth-order valence-corrected chi connectivity index (χ4v) is 4.06. The predicted molar refractivity (Wildman–Crippen MR) is 115 cm³/mol. The first kappa shape index (κ1) is 21.7. The van der Waals surface area contributed by atoms with Gasteiger partial charge in [-0.1, -0.05) is 0 Å². The number of amides is 2. The van der Waals surface area contributed by atoms with Crippen molar-refractivity contribution in [2.24, 2.45) is 17.8 Å². The summed E-state index contributed by atoms with van der Waals surface area (Å²) in [5, 5.41) is 5.44. The van der Waals surface area contributed by atoms with Crippen LogP contribution in [0.2, 0.25) is 0 Å². The summed E-state index contributed by atoms with van der Waals surface area (Å²) in [6.45, 7) is 5.32. The van der Waals surface area contributed by atoms with Crippen molar-refractivity contribution in [1.82, 2.24) is 10.3 Å². The number of nitrogens with zero attached hydrogens (tertiary/aromatic N) is 1. The van der Waals surface area contributed by atoms with Gasteiger partial charge in [0.1, 0.15) is 17.5 Å². The lowest BCUT2D eigenvalue weighted by atomic mass is 9.89. The van der Waals surface area contributed by atoms with Crippen LogP contribution in [-0.4, -0.2) is 28.6 Å². The van der Waals surface area contributed by atoms with Gasteiger partial charge in [-0.05, 0) is 109 Å². The molecular formula is C19H24BrFIN3O3. The number of nitrogens with one attached hydrogen (secondary N) is 2. The SMILES string of the molecule is CC(C)(C)OC(=O)N[C@H](C(=O)Nc1cc(Br)c(I)c(F)n1)C(C1CC1)C1CC1. The van der Waals surface area contributed by atoms with Crippen molar-refractivity contribution in [1.29, 1.82) is 0 Å². The molecule has 2 saturated carbocycles. The van der Waals surface area contributed by atoms with E-state index in [2.05, 4.69) is 31.5 Å². The molecular weight excluding hydrogens is 544 g/mol. The van der Waals surface area contributed by atoms with Crippen LogP contribution in [0.1, 0.15) is 46.5 Å². The highest BCUT2D eigenvalue weighted by molar-refractivity contribution is 14.1.